The molecule has 0 unspecified atom stereocenters. The Hall–Kier alpha value is -1.36. The standard InChI is InChI=1S/C12H19N3O2/c1-8(17-3)7-15(2)12(16)11-6-10(13-14-11)9-4-5-9/h6,8-9H,4-5,7H2,1-3H3,(H,13,14)/t8-/m0/s1. The summed E-state index contributed by atoms with van der Waals surface area (Å²) in [5, 5.41) is 7.02. The number of H-pyrrole nitrogens is 1. The number of methoxy groups -OCH3 is 1. The highest BCUT2D eigenvalue weighted by molar-refractivity contribution is 5.92. The van der Waals surface area contributed by atoms with Crippen LogP contribution in [0.25, 0.3) is 0 Å². The zero-order valence-corrected chi connectivity index (χ0v) is 10.6. The third-order valence-electron chi connectivity index (χ3n) is 3.11. The van der Waals surface area contributed by atoms with E-state index < -0.39 is 0 Å². The van der Waals surface area contributed by atoms with Gasteiger partial charge in [-0.2, -0.15) is 5.10 Å². The molecule has 1 aliphatic rings. The molecule has 1 aromatic rings. The van der Waals surface area contributed by atoms with Crippen LogP contribution >= 0.6 is 0 Å². The van der Waals surface area contributed by atoms with Crippen molar-refractivity contribution in [1.82, 2.24) is 15.1 Å². The Morgan fingerprint density at radius 3 is 3.00 bits per heavy atom. The van der Waals surface area contributed by atoms with E-state index in [1.54, 1.807) is 19.1 Å². The van der Waals surface area contributed by atoms with Gasteiger partial charge >= 0.3 is 0 Å². The van der Waals surface area contributed by atoms with Crippen LogP contribution in [0.4, 0.5) is 0 Å². The SMILES string of the molecule is CO[C@@H](C)CN(C)C(=O)c1cc(C2CC2)[nH]n1. The molecule has 1 atom stereocenters. The second-order valence-corrected chi connectivity index (χ2v) is 4.71. The number of amides is 1. The number of carbonyl (C=O) groups is 1. The molecule has 1 fully saturated rings. The van der Waals surface area contributed by atoms with Crippen molar-refractivity contribution in [3.8, 4) is 0 Å². The molecule has 1 aromatic heterocycles. The van der Waals surface area contributed by atoms with Crippen molar-refractivity contribution in [2.45, 2.75) is 31.8 Å². The minimum atomic E-state index is -0.0583. The van der Waals surface area contributed by atoms with Crippen LogP contribution in [0.15, 0.2) is 6.07 Å². The second kappa shape index (κ2) is 4.87. The first-order chi connectivity index (χ1) is 8.11. The number of nitrogens with one attached hydrogen (secondary N) is 1. The summed E-state index contributed by atoms with van der Waals surface area (Å²) in [7, 11) is 3.41. The number of hydrogen-bond acceptors (Lipinski definition) is 3. The molecule has 0 saturated heterocycles. The zero-order chi connectivity index (χ0) is 12.4. The molecule has 0 aromatic carbocycles. The van der Waals surface area contributed by atoms with Crippen LogP contribution in [-0.2, 0) is 4.74 Å². The summed E-state index contributed by atoms with van der Waals surface area (Å²) < 4.78 is 5.14. The predicted molar refractivity (Wildman–Crippen MR) is 64.0 cm³/mol. The third kappa shape index (κ3) is 2.85. The van der Waals surface area contributed by atoms with Gasteiger partial charge in [0.1, 0.15) is 5.69 Å². The Morgan fingerprint density at radius 2 is 2.41 bits per heavy atom. The van der Waals surface area contributed by atoms with E-state index in [0.29, 0.717) is 18.2 Å². The van der Waals surface area contributed by atoms with Gasteiger partial charge in [-0.3, -0.25) is 9.89 Å². The van der Waals surface area contributed by atoms with Crippen molar-refractivity contribution in [3.63, 3.8) is 0 Å². The van der Waals surface area contributed by atoms with E-state index in [1.165, 1.54) is 12.8 Å². The van der Waals surface area contributed by atoms with Gasteiger partial charge in [0.15, 0.2) is 0 Å². The van der Waals surface area contributed by atoms with Crippen molar-refractivity contribution < 1.29 is 9.53 Å². The summed E-state index contributed by atoms with van der Waals surface area (Å²) in [6, 6.07) is 1.87. The molecule has 1 aliphatic carbocycles. The van der Waals surface area contributed by atoms with Crippen LogP contribution in [0.1, 0.15) is 41.9 Å². The van der Waals surface area contributed by atoms with Crippen LogP contribution in [0.3, 0.4) is 0 Å². The number of rotatable bonds is 5. The van der Waals surface area contributed by atoms with Gasteiger partial charge in [-0.15, -0.1) is 0 Å². The summed E-state index contributed by atoms with van der Waals surface area (Å²) in [5.74, 6) is 0.532. The van der Waals surface area contributed by atoms with Crippen molar-refractivity contribution in [2.24, 2.45) is 0 Å². The van der Waals surface area contributed by atoms with Gasteiger partial charge in [-0.05, 0) is 25.8 Å². The van der Waals surface area contributed by atoms with Gasteiger partial charge in [0.25, 0.3) is 5.91 Å². The number of ether oxygens (including phenoxy) is 1. The van der Waals surface area contributed by atoms with Crippen LogP contribution in [0.5, 0.6) is 0 Å². The van der Waals surface area contributed by atoms with E-state index in [9.17, 15) is 4.79 Å². The first-order valence-electron chi connectivity index (χ1n) is 5.95. The molecule has 1 heterocycles. The van der Waals surface area contributed by atoms with Gasteiger partial charge in [-0.1, -0.05) is 0 Å². The maximum Gasteiger partial charge on any atom is 0.274 e. The fourth-order valence-electron chi connectivity index (χ4n) is 1.79. The number of likely N-dealkylation sites (N-methyl/N-ethyl adjacent to an activating group) is 1. The molecular weight excluding hydrogens is 218 g/mol. The maximum absolute atomic E-state index is 12.0. The van der Waals surface area contributed by atoms with E-state index in [-0.39, 0.29) is 12.0 Å². The smallest absolute Gasteiger partial charge is 0.274 e. The number of aromatic amines is 1. The van der Waals surface area contributed by atoms with E-state index in [2.05, 4.69) is 10.2 Å². The maximum atomic E-state index is 12.0. The Kier molecular flexibility index (Phi) is 3.47. The van der Waals surface area contributed by atoms with Gasteiger partial charge in [0, 0.05) is 32.3 Å². The van der Waals surface area contributed by atoms with Crippen molar-refractivity contribution in [1.29, 1.82) is 0 Å². The topological polar surface area (TPSA) is 58.2 Å². The van der Waals surface area contributed by atoms with E-state index in [1.807, 2.05) is 13.0 Å². The summed E-state index contributed by atoms with van der Waals surface area (Å²) in [6.45, 7) is 2.50. The number of hydrogen-bond donors (Lipinski definition) is 1. The first-order valence-corrected chi connectivity index (χ1v) is 5.95. The lowest BCUT2D eigenvalue weighted by Gasteiger charge is -2.19. The van der Waals surface area contributed by atoms with Crippen LogP contribution in [-0.4, -0.2) is 47.8 Å². The summed E-state index contributed by atoms with van der Waals surface area (Å²) in [6.07, 6.45) is 2.43. The average Bonchev–Trinajstić information content (AvgIpc) is 3.06. The highest BCUT2D eigenvalue weighted by atomic mass is 16.5. The minimum Gasteiger partial charge on any atom is -0.380 e. The Bertz CT molecular complexity index is 398. The number of aromatic nitrogens is 2. The number of nitrogens with zero attached hydrogens (tertiary/aromatic N) is 2. The molecule has 1 N–H and O–H groups in total. The van der Waals surface area contributed by atoms with E-state index in [4.69, 9.17) is 4.74 Å². The molecule has 17 heavy (non-hydrogen) atoms. The van der Waals surface area contributed by atoms with Crippen LogP contribution in [0.2, 0.25) is 0 Å². The van der Waals surface area contributed by atoms with E-state index in [0.717, 1.165) is 5.69 Å². The highest BCUT2D eigenvalue weighted by Gasteiger charge is 2.27. The molecule has 1 saturated carbocycles. The molecule has 94 valence electrons. The fourth-order valence-corrected chi connectivity index (χ4v) is 1.79. The summed E-state index contributed by atoms with van der Waals surface area (Å²) in [4.78, 5) is 13.7. The summed E-state index contributed by atoms with van der Waals surface area (Å²) in [5.41, 5.74) is 1.58. The van der Waals surface area contributed by atoms with Crippen molar-refractivity contribution in [3.05, 3.63) is 17.5 Å². The average molecular weight is 237 g/mol. The number of carbonyl (C=O) groups excluding carboxylic acids is 1. The predicted octanol–water partition coefficient (Wildman–Crippen LogP) is 1.39. The summed E-state index contributed by atoms with van der Waals surface area (Å²) >= 11 is 0. The third-order valence-corrected chi connectivity index (χ3v) is 3.11. The first kappa shape index (κ1) is 12.1. The Morgan fingerprint density at radius 1 is 1.71 bits per heavy atom. The van der Waals surface area contributed by atoms with Gasteiger partial charge < -0.3 is 9.64 Å². The quantitative estimate of drug-likeness (QED) is 0.842. The lowest BCUT2D eigenvalue weighted by Crippen LogP contribution is -2.34. The van der Waals surface area contributed by atoms with Crippen molar-refractivity contribution in [2.75, 3.05) is 20.7 Å². The molecule has 0 spiro atoms. The lowest BCUT2D eigenvalue weighted by molar-refractivity contribution is 0.0595. The zero-order valence-electron chi connectivity index (χ0n) is 10.6. The van der Waals surface area contributed by atoms with Crippen LogP contribution in [0, 0.1) is 0 Å². The largest absolute Gasteiger partial charge is 0.380 e. The normalized spacial score (nSPS) is 16.9. The highest BCUT2D eigenvalue weighted by Crippen LogP contribution is 2.39. The molecular formula is C12H19N3O2. The molecule has 0 aliphatic heterocycles. The molecule has 5 nitrogen and oxygen atoms in total. The van der Waals surface area contributed by atoms with Gasteiger partial charge in [0.05, 0.1) is 6.10 Å². The fraction of sp³-hybridized carbons (Fsp3) is 0.667. The van der Waals surface area contributed by atoms with Gasteiger partial charge in [-0.25, -0.2) is 0 Å². The minimum absolute atomic E-state index is 0.0331. The van der Waals surface area contributed by atoms with E-state index >= 15 is 0 Å². The molecule has 0 bridgehead atoms. The van der Waals surface area contributed by atoms with Crippen LogP contribution < -0.4 is 0 Å². The Labute approximate surface area is 101 Å². The Balaban J connectivity index is 1.97. The second-order valence-electron chi connectivity index (χ2n) is 4.71. The molecule has 2 rings (SSSR count). The molecule has 5 heteroatoms. The van der Waals surface area contributed by atoms with Gasteiger partial charge in [0.2, 0.25) is 0 Å². The molecule has 0 radical (unpaired) electrons. The monoisotopic (exact) mass is 237 g/mol. The van der Waals surface area contributed by atoms with Crippen molar-refractivity contribution >= 4 is 5.91 Å². The molecule has 1 amide bonds. The lowest BCUT2D eigenvalue weighted by atomic mass is 10.2.